The van der Waals surface area contributed by atoms with Gasteiger partial charge in [-0.25, -0.2) is 14.3 Å². The Morgan fingerprint density at radius 3 is 2.67 bits per heavy atom. The SMILES string of the molecule is CCOC(=O)c1cc(C)nn1C1CCCCN1C(=O)OC(C)(C)C. The van der Waals surface area contributed by atoms with Crippen LogP contribution in [0.5, 0.6) is 0 Å². The van der Waals surface area contributed by atoms with Crippen molar-refractivity contribution in [2.45, 2.75) is 65.6 Å². The Kier molecular flexibility index (Phi) is 5.51. The lowest BCUT2D eigenvalue weighted by Crippen LogP contribution is -2.44. The van der Waals surface area contributed by atoms with Crippen LogP contribution in [0.1, 0.15) is 69.3 Å². The number of aromatic nitrogens is 2. The molecular formula is C17H27N3O4. The van der Waals surface area contributed by atoms with Gasteiger partial charge in [0.25, 0.3) is 0 Å². The Bertz CT molecular complexity index is 603. The normalized spacial score (nSPS) is 18.4. The van der Waals surface area contributed by atoms with Gasteiger partial charge in [0.2, 0.25) is 0 Å². The van der Waals surface area contributed by atoms with Gasteiger partial charge in [-0.05, 0) is 59.9 Å². The van der Waals surface area contributed by atoms with Gasteiger partial charge in [0.05, 0.1) is 12.3 Å². The lowest BCUT2D eigenvalue weighted by Gasteiger charge is -2.37. The van der Waals surface area contributed by atoms with E-state index in [1.165, 1.54) is 0 Å². The molecule has 1 saturated heterocycles. The molecule has 24 heavy (non-hydrogen) atoms. The maximum Gasteiger partial charge on any atom is 0.411 e. The molecule has 1 aliphatic heterocycles. The van der Waals surface area contributed by atoms with Gasteiger partial charge in [-0.15, -0.1) is 0 Å². The van der Waals surface area contributed by atoms with Crippen molar-refractivity contribution in [1.82, 2.24) is 14.7 Å². The molecule has 0 saturated carbocycles. The minimum Gasteiger partial charge on any atom is -0.461 e. The van der Waals surface area contributed by atoms with Crippen LogP contribution in [0.2, 0.25) is 0 Å². The van der Waals surface area contributed by atoms with Gasteiger partial charge in [-0.3, -0.25) is 4.90 Å². The minimum atomic E-state index is -0.566. The van der Waals surface area contributed by atoms with Gasteiger partial charge in [-0.1, -0.05) is 0 Å². The first kappa shape index (κ1) is 18.3. The Morgan fingerprint density at radius 1 is 1.33 bits per heavy atom. The van der Waals surface area contributed by atoms with Crippen molar-refractivity contribution in [2.75, 3.05) is 13.2 Å². The second kappa shape index (κ2) is 7.23. The van der Waals surface area contributed by atoms with E-state index in [2.05, 4.69) is 5.10 Å². The summed E-state index contributed by atoms with van der Waals surface area (Å²) in [4.78, 5) is 26.4. The highest BCUT2D eigenvalue weighted by molar-refractivity contribution is 5.87. The number of rotatable bonds is 3. The molecule has 0 spiro atoms. The van der Waals surface area contributed by atoms with Gasteiger partial charge in [-0.2, -0.15) is 5.10 Å². The molecule has 2 heterocycles. The van der Waals surface area contributed by atoms with Crippen LogP contribution in [0.4, 0.5) is 4.79 Å². The topological polar surface area (TPSA) is 73.7 Å². The summed E-state index contributed by atoms with van der Waals surface area (Å²) >= 11 is 0. The minimum absolute atomic E-state index is 0.295. The molecule has 0 bridgehead atoms. The van der Waals surface area contributed by atoms with E-state index in [-0.39, 0.29) is 12.3 Å². The standard InChI is InChI=1S/C17H27N3O4/c1-6-23-15(21)13-11-12(2)18-20(13)14-9-7-8-10-19(14)16(22)24-17(3,4)5/h11,14H,6-10H2,1-5H3. The zero-order valence-electron chi connectivity index (χ0n) is 15.2. The number of aryl methyl sites for hydroxylation is 1. The molecule has 1 aliphatic rings. The number of likely N-dealkylation sites (tertiary alicyclic amines) is 1. The highest BCUT2D eigenvalue weighted by Crippen LogP contribution is 2.29. The van der Waals surface area contributed by atoms with Crippen molar-refractivity contribution < 1.29 is 19.1 Å². The van der Waals surface area contributed by atoms with Crippen molar-refractivity contribution >= 4 is 12.1 Å². The molecule has 7 nitrogen and oxygen atoms in total. The maximum atomic E-state index is 12.6. The zero-order valence-corrected chi connectivity index (χ0v) is 15.2. The second-order valence-electron chi connectivity index (χ2n) is 6.99. The Labute approximate surface area is 142 Å². The summed E-state index contributed by atoms with van der Waals surface area (Å²) in [5, 5.41) is 4.43. The van der Waals surface area contributed by atoms with E-state index in [1.54, 1.807) is 22.6 Å². The Morgan fingerprint density at radius 2 is 2.04 bits per heavy atom. The van der Waals surface area contributed by atoms with E-state index in [0.29, 0.717) is 24.5 Å². The predicted octanol–water partition coefficient (Wildman–Crippen LogP) is 3.29. The number of nitrogens with zero attached hydrogens (tertiary/aromatic N) is 3. The summed E-state index contributed by atoms with van der Waals surface area (Å²) in [6.45, 7) is 9.98. The first-order valence-corrected chi connectivity index (χ1v) is 8.46. The van der Waals surface area contributed by atoms with Gasteiger partial charge >= 0.3 is 12.1 Å². The highest BCUT2D eigenvalue weighted by Gasteiger charge is 2.34. The van der Waals surface area contributed by atoms with Crippen molar-refractivity contribution in [3.8, 4) is 0 Å². The molecule has 7 heteroatoms. The highest BCUT2D eigenvalue weighted by atomic mass is 16.6. The third-order valence-electron chi connectivity index (χ3n) is 3.72. The van der Waals surface area contributed by atoms with Crippen LogP contribution in [0.15, 0.2) is 6.07 Å². The number of piperidine rings is 1. The molecule has 0 radical (unpaired) electrons. The quantitative estimate of drug-likeness (QED) is 0.791. The van der Waals surface area contributed by atoms with Crippen LogP contribution in [0.3, 0.4) is 0 Å². The number of ether oxygens (including phenoxy) is 2. The average Bonchev–Trinajstić information content (AvgIpc) is 2.88. The largest absolute Gasteiger partial charge is 0.461 e. The summed E-state index contributed by atoms with van der Waals surface area (Å²) < 4.78 is 12.2. The first-order chi connectivity index (χ1) is 11.2. The van der Waals surface area contributed by atoms with Crippen LogP contribution < -0.4 is 0 Å². The van der Waals surface area contributed by atoms with Crippen molar-refractivity contribution in [2.24, 2.45) is 0 Å². The van der Waals surface area contributed by atoms with Crippen molar-refractivity contribution in [3.05, 3.63) is 17.5 Å². The molecular weight excluding hydrogens is 310 g/mol. The summed E-state index contributed by atoms with van der Waals surface area (Å²) in [6, 6.07) is 1.69. The fraction of sp³-hybridized carbons (Fsp3) is 0.706. The first-order valence-electron chi connectivity index (χ1n) is 8.46. The van der Waals surface area contributed by atoms with Crippen LogP contribution in [0.25, 0.3) is 0 Å². The molecule has 1 unspecified atom stereocenters. The van der Waals surface area contributed by atoms with E-state index >= 15 is 0 Å². The number of esters is 1. The third-order valence-corrected chi connectivity index (χ3v) is 3.72. The third kappa shape index (κ3) is 4.27. The molecule has 0 aliphatic carbocycles. The predicted molar refractivity (Wildman–Crippen MR) is 88.7 cm³/mol. The summed E-state index contributed by atoms with van der Waals surface area (Å²) in [5.41, 5.74) is 0.519. The van der Waals surface area contributed by atoms with Gasteiger partial charge in [0, 0.05) is 6.54 Å². The van der Waals surface area contributed by atoms with Crippen LogP contribution in [-0.2, 0) is 9.47 Å². The molecule has 134 valence electrons. The number of amides is 1. The Hall–Kier alpha value is -2.05. The molecule has 2 rings (SSSR count). The smallest absolute Gasteiger partial charge is 0.411 e. The van der Waals surface area contributed by atoms with E-state index in [1.807, 2.05) is 27.7 Å². The number of hydrogen-bond donors (Lipinski definition) is 0. The molecule has 1 aromatic heterocycles. The zero-order chi connectivity index (χ0) is 17.9. The van der Waals surface area contributed by atoms with E-state index in [4.69, 9.17) is 9.47 Å². The average molecular weight is 337 g/mol. The number of carbonyl (C=O) groups is 2. The second-order valence-corrected chi connectivity index (χ2v) is 6.99. The molecule has 0 N–H and O–H groups in total. The summed E-state index contributed by atoms with van der Waals surface area (Å²) in [5.74, 6) is -0.423. The lowest BCUT2D eigenvalue weighted by molar-refractivity contribution is -0.00484. The molecule has 0 aromatic carbocycles. The molecule has 1 atom stereocenters. The summed E-state index contributed by atoms with van der Waals surface area (Å²) in [7, 11) is 0. The van der Waals surface area contributed by atoms with Gasteiger partial charge in [0.1, 0.15) is 17.5 Å². The maximum absolute atomic E-state index is 12.6. The van der Waals surface area contributed by atoms with Crippen molar-refractivity contribution in [3.63, 3.8) is 0 Å². The fourth-order valence-electron chi connectivity index (χ4n) is 2.80. The van der Waals surface area contributed by atoms with E-state index in [0.717, 1.165) is 19.3 Å². The molecule has 1 amide bonds. The molecule has 1 fully saturated rings. The van der Waals surface area contributed by atoms with Gasteiger partial charge < -0.3 is 9.47 Å². The van der Waals surface area contributed by atoms with Crippen LogP contribution >= 0.6 is 0 Å². The fourth-order valence-corrected chi connectivity index (χ4v) is 2.80. The van der Waals surface area contributed by atoms with Crippen molar-refractivity contribution in [1.29, 1.82) is 0 Å². The van der Waals surface area contributed by atoms with Crippen LogP contribution in [0, 0.1) is 6.92 Å². The van der Waals surface area contributed by atoms with Gasteiger partial charge in [0.15, 0.2) is 0 Å². The lowest BCUT2D eigenvalue weighted by atomic mass is 10.1. The number of carbonyl (C=O) groups excluding carboxylic acids is 2. The summed E-state index contributed by atoms with van der Waals surface area (Å²) in [6.07, 6.45) is 1.89. The molecule has 1 aromatic rings. The van der Waals surface area contributed by atoms with E-state index < -0.39 is 11.6 Å². The number of hydrogen-bond acceptors (Lipinski definition) is 5. The van der Waals surface area contributed by atoms with Crippen LogP contribution in [-0.4, -0.2) is 45.5 Å². The Balaban J connectivity index is 2.31. The monoisotopic (exact) mass is 337 g/mol. The van der Waals surface area contributed by atoms with E-state index in [9.17, 15) is 9.59 Å².